The second-order valence-corrected chi connectivity index (χ2v) is 8.69. The van der Waals surface area contributed by atoms with E-state index in [1.54, 1.807) is 6.07 Å². The number of benzene rings is 1. The highest BCUT2D eigenvalue weighted by atomic mass is 32.2. The molecule has 0 aliphatic carbocycles. The predicted octanol–water partition coefficient (Wildman–Crippen LogP) is 2.62. The molecule has 0 aliphatic heterocycles. The first-order chi connectivity index (χ1) is 15.4. The van der Waals surface area contributed by atoms with Gasteiger partial charge in [-0.1, -0.05) is 6.07 Å². The summed E-state index contributed by atoms with van der Waals surface area (Å²) in [5.74, 6) is -0.921. The van der Waals surface area contributed by atoms with E-state index in [1.165, 1.54) is 26.1 Å². The molecule has 0 unspecified atom stereocenters. The van der Waals surface area contributed by atoms with Gasteiger partial charge in [0.15, 0.2) is 0 Å². The maximum atomic E-state index is 13.3. The molecule has 1 aromatic carbocycles. The van der Waals surface area contributed by atoms with Gasteiger partial charge in [0.1, 0.15) is 17.3 Å². The zero-order chi connectivity index (χ0) is 24.6. The minimum absolute atomic E-state index is 0.0364. The van der Waals surface area contributed by atoms with E-state index in [2.05, 4.69) is 10.3 Å². The summed E-state index contributed by atoms with van der Waals surface area (Å²) in [5.41, 5.74) is -3.16. The lowest BCUT2D eigenvalue weighted by Gasteiger charge is -2.17. The van der Waals surface area contributed by atoms with E-state index in [1.807, 2.05) is 0 Å². The van der Waals surface area contributed by atoms with Crippen LogP contribution in [0.5, 0.6) is 0 Å². The van der Waals surface area contributed by atoms with Crippen LogP contribution in [0.1, 0.15) is 27.3 Å². The standard InChI is InChI=1S/C21H15F3N4O4S/c1-12-18(33(31,32)16-7-6-14(10-25)27-11-16)9-17(19(29)26-2)20(30)28(12)15-5-3-4-13(8-15)21(22,23)24/h3-9,11H,1-2H3,(H,26,29). The summed E-state index contributed by atoms with van der Waals surface area (Å²) >= 11 is 0. The average molecular weight is 476 g/mol. The number of nitrogens with zero attached hydrogens (tertiary/aromatic N) is 3. The second kappa shape index (κ2) is 8.51. The van der Waals surface area contributed by atoms with Crippen LogP contribution in [0.25, 0.3) is 5.69 Å². The van der Waals surface area contributed by atoms with Gasteiger partial charge in [0.25, 0.3) is 11.5 Å². The van der Waals surface area contributed by atoms with E-state index in [9.17, 15) is 31.2 Å². The van der Waals surface area contributed by atoms with Crippen LogP contribution in [0.15, 0.2) is 63.2 Å². The van der Waals surface area contributed by atoms with Gasteiger partial charge < -0.3 is 5.32 Å². The molecule has 0 saturated carbocycles. The van der Waals surface area contributed by atoms with Gasteiger partial charge in [0, 0.05) is 24.6 Å². The van der Waals surface area contributed by atoms with Crippen molar-refractivity contribution in [1.29, 1.82) is 5.26 Å². The molecule has 1 amide bonds. The van der Waals surface area contributed by atoms with Crippen molar-refractivity contribution in [3.05, 3.63) is 81.5 Å². The number of amides is 1. The van der Waals surface area contributed by atoms with Gasteiger partial charge in [-0.25, -0.2) is 13.4 Å². The van der Waals surface area contributed by atoms with Crippen molar-refractivity contribution < 1.29 is 26.4 Å². The van der Waals surface area contributed by atoms with Crippen LogP contribution in [0.4, 0.5) is 13.2 Å². The minimum atomic E-state index is -4.71. The third-order valence-electron chi connectivity index (χ3n) is 4.76. The monoisotopic (exact) mass is 476 g/mol. The molecule has 33 heavy (non-hydrogen) atoms. The van der Waals surface area contributed by atoms with E-state index in [0.717, 1.165) is 35.0 Å². The summed E-state index contributed by atoms with van der Waals surface area (Å²) in [4.78, 5) is 28.2. The molecule has 0 spiro atoms. The SMILES string of the molecule is CNC(=O)c1cc(S(=O)(=O)c2ccc(C#N)nc2)c(C)n(-c2cccc(C(F)(F)F)c2)c1=O. The van der Waals surface area contributed by atoms with Gasteiger partial charge >= 0.3 is 6.18 Å². The van der Waals surface area contributed by atoms with Crippen LogP contribution in [0, 0.1) is 18.3 Å². The zero-order valence-electron chi connectivity index (χ0n) is 17.1. The Kier molecular flexibility index (Phi) is 6.11. The van der Waals surface area contributed by atoms with Crippen molar-refractivity contribution in [1.82, 2.24) is 14.9 Å². The Morgan fingerprint density at radius 1 is 1.18 bits per heavy atom. The highest BCUT2D eigenvalue weighted by Gasteiger charge is 2.32. The number of alkyl halides is 3. The number of hydrogen-bond acceptors (Lipinski definition) is 6. The fourth-order valence-corrected chi connectivity index (χ4v) is 4.56. The largest absolute Gasteiger partial charge is 0.416 e. The molecule has 8 nitrogen and oxygen atoms in total. The molecule has 0 atom stereocenters. The molecule has 3 rings (SSSR count). The molecule has 0 bridgehead atoms. The molecule has 0 saturated heterocycles. The Balaban J connectivity index is 2.37. The van der Waals surface area contributed by atoms with Crippen molar-refractivity contribution in [3.8, 4) is 11.8 Å². The Labute approximate surface area is 185 Å². The van der Waals surface area contributed by atoms with Crippen molar-refractivity contribution >= 4 is 15.7 Å². The topological polar surface area (TPSA) is 122 Å². The third-order valence-corrected chi connectivity index (χ3v) is 6.61. The van der Waals surface area contributed by atoms with Gasteiger partial charge in [0.05, 0.1) is 15.4 Å². The van der Waals surface area contributed by atoms with Crippen LogP contribution >= 0.6 is 0 Å². The number of sulfone groups is 1. The number of aromatic nitrogens is 2. The van der Waals surface area contributed by atoms with Gasteiger partial charge in [-0.05, 0) is 43.3 Å². The summed E-state index contributed by atoms with van der Waals surface area (Å²) in [5, 5.41) is 11.1. The first kappa shape index (κ1) is 23.7. The fourth-order valence-electron chi connectivity index (χ4n) is 3.11. The summed E-state index contributed by atoms with van der Waals surface area (Å²) in [6.45, 7) is 1.24. The number of carbonyl (C=O) groups is 1. The fraction of sp³-hybridized carbons (Fsp3) is 0.143. The van der Waals surface area contributed by atoms with Crippen LogP contribution in [-0.4, -0.2) is 30.9 Å². The number of nitrogens with one attached hydrogen (secondary N) is 1. The molecule has 170 valence electrons. The van der Waals surface area contributed by atoms with Crippen molar-refractivity contribution in [3.63, 3.8) is 0 Å². The number of carbonyl (C=O) groups excluding carboxylic acids is 1. The van der Waals surface area contributed by atoms with Gasteiger partial charge in [-0.15, -0.1) is 0 Å². The Hall–Kier alpha value is -3.98. The summed E-state index contributed by atoms with van der Waals surface area (Å²) in [7, 11) is -3.16. The number of pyridine rings is 2. The van der Waals surface area contributed by atoms with Crippen molar-refractivity contribution in [2.24, 2.45) is 0 Å². The maximum absolute atomic E-state index is 13.3. The molecule has 2 heterocycles. The van der Waals surface area contributed by atoms with Gasteiger partial charge in [0.2, 0.25) is 9.84 Å². The normalized spacial score (nSPS) is 11.6. The van der Waals surface area contributed by atoms with Crippen LogP contribution < -0.4 is 10.9 Å². The van der Waals surface area contributed by atoms with E-state index in [4.69, 9.17) is 5.26 Å². The molecular weight excluding hydrogens is 461 g/mol. The maximum Gasteiger partial charge on any atom is 0.416 e. The third kappa shape index (κ3) is 4.35. The van der Waals surface area contributed by atoms with E-state index >= 15 is 0 Å². The lowest BCUT2D eigenvalue weighted by Crippen LogP contribution is -2.33. The highest BCUT2D eigenvalue weighted by molar-refractivity contribution is 7.91. The smallest absolute Gasteiger partial charge is 0.355 e. The number of halogens is 3. The zero-order valence-corrected chi connectivity index (χ0v) is 18.0. The summed E-state index contributed by atoms with van der Waals surface area (Å²) in [6.07, 6.45) is -3.78. The molecular formula is C21H15F3N4O4S. The van der Waals surface area contributed by atoms with Gasteiger partial charge in [-0.2, -0.15) is 18.4 Å². The lowest BCUT2D eigenvalue weighted by atomic mass is 10.1. The first-order valence-electron chi connectivity index (χ1n) is 9.19. The second-order valence-electron chi connectivity index (χ2n) is 6.77. The van der Waals surface area contributed by atoms with Crippen molar-refractivity contribution in [2.45, 2.75) is 22.9 Å². The lowest BCUT2D eigenvalue weighted by molar-refractivity contribution is -0.137. The quantitative estimate of drug-likeness (QED) is 0.618. The van der Waals surface area contributed by atoms with E-state index in [0.29, 0.717) is 6.07 Å². The molecule has 3 aromatic rings. The minimum Gasteiger partial charge on any atom is -0.355 e. The Morgan fingerprint density at radius 2 is 1.88 bits per heavy atom. The summed E-state index contributed by atoms with van der Waals surface area (Å²) < 4.78 is 67.0. The molecule has 2 aromatic heterocycles. The van der Waals surface area contributed by atoms with Crippen LogP contribution in [-0.2, 0) is 16.0 Å². The average Bonchev–Trinajstić information content (AvgIpc) is 2.78. The number of rotatable bonds is 4. The van der Waals surface area contributed by atoms with Crippen LogP contribution in [0.3, 0.4) is 0 Å². The first-order valence-corrected chi connectivity index (χ1v) is 10.7. The van der Waals surface area contributed by atoms with Crippen molar-refractivity contribution in [2.75, 3.05) is 7.05 Å². The number of hydrogen-bond donors (Lipinski definition) is 1. The summed E-state index contributed by atoms with van der Waals surface area (Å²) in [6, 6.07) is 8.65. The predicted molar refractivity (Wildman–Crippen MR) is 110 cm³/mol. The molecule has 1 N–H and O–H groups in total. The van der Waals surface area contributed by atoms with E-state index < -0.39 is 43.5 Å². The molecule has 0 fully saturated rings. The van der Waals surface area contributed by atoms with Crippen LogP contribution in [0.2, 0.25) is 0 Å². The van der Waals surface area contributed by atoms with E-state index in [-0.39, 0.29) is 22.0 Å². The Bertz CT molecular complexity index is 1450. The highest BCUT2D eigenvalue weighted by Crippen LogP contribution is 2.31. The Morgan fingerprint density at radius 3 is 2.42 bits per heavy atom. The number of nitriles is 1. The van der Waals surface area contributed by atoms with Gasteiger partial charge in [-0.3, -0.25) is 14.2 Å². The molecule has 0 aliphatic rings. The molecule has 0 radical (unpaired) electrons. The molecule has 12 heteroatoms.